The van der Waals surface area contributed by atoms with Crippen molar-refractivity contribution in [1.29, 1.82) is 0 Å². The summed E-state index contributed by atoms with van der Waals surface area (Å²) in [4.78, 5) is 25.3. The molecule has 60 heavy (non-hydrogen) atoms. The van der Waals surface area contributed by atoms with Gasteiger partial charge in [0.2, 0.25) is 0 Å². The molecule has 0 spiro atoms. The molecule has 1 aliphatic rings. The average Bonchev–Trinajstić information content (AvgIpc) is 3.25. The molecule has 6 atom stereocenters. The number of ether oxygens (including phenoxy) is 4. The van der Waals surface area contributed by atoms with Gasteiger partial charge in [0.05, 0.1) is 13.2 Å². The molecule has 0 bridgehead atoms. The third-order valence-corrected chi connectivity index (χ3v) is 10.6. The highest BCUT2D eigenvalue weighted by molar-refractivity contribution is 5.70. The molecular formula is C50H86O10. The molecule has 0 saturated carbocycles. The van der Waals surface area contributed by atoms with Gasteiger partial charge in [-0.1, -0.05) is 158 Å². The number of esters is 2. The predicted molar refractivity (Wildman–Crippen MR) is 242 cm³/mol. The highest BCUT2D eigenvalue weighted by atomic mass is 16.7. The Balaban J connectivity index is 2.27. The first-order chi connectivity index (χ1) is 29.3. The summed E-state index contributed by atoms with van der Waals surface area (Å²) >= 11 is 0. The third-order valence-electron chi connectivity index (χ3n) is 10.6. The smallest absolute Gasteiger partial charge is 0.306 e. The van der Waals surface area contributed by atoms with Gasteiger partial charge in [-0.05, 0) is 77.0 Å². The molecule has 0 aromatic rings. The zero-order valence-electron chi connectivity index (χ0n) is 37.7. The lowest BCUT2D eigenvalue weighted by Crippen LogP contribution is -2.59. The molecule has 1 saturated heterocycles. The molecule has 1 aliphatic heterocycles. The van der Waals surface area contributed by atoms with E-state index < -0.39 is 49.4 Å². The maximum absolute atomic E-state index is 12.8. The zero-order chi connectivity index (χ0) is 43.7. The van der Waals surface area contributed by atoms with E-state index >= 15 is 0 Å². The number of aliphatic hydroxyl groups excluding tert-OH is 4. The van der Waals surface area contributed by atoms with Gasteiger partial charge in [-0.2, -0.15) is 0 Å². The fraction of sp³-hybridized carbons (Fsp3) is 0.760. The molecular weight excluding hydrogens is 761 g/mol. The minimum absolute atomic E-state index is 0.221. The lowest BCUT2D eigenvalue weighted by molar-refractivity contribution is -0.305. The van der Waals surface area contributed by atoms with E-state index in [0.29, 0.717) is 12.8 Å². The molecule has 1 fully saturated rings. The van der Waals surface area contributed by atoms with E-state index in [4.69, 9.17) is 18.9 Å². The van der Waals surface area contributed by atoms with Gasteiger partial charge in [0.25, 0.3) is 0 Å². The molecule has 10 heteroatoms. The van der Waals surface area contributed by atoms with Gasteiger partial charge in [0.15, 0.2) is 12.4 Å². The van der Waals surface area contributed by atoms with Crippen LogP contribution in [0.4, 0.5) is 0 Å². The molecule has 0 aromatic heterocycles. The molecule has 4 N–H and O–H groups in total. The quantitative estimate of drug-likeness (QED) is 0.0267. The Kier molecular flexibility index (Phi) is 37.4. The zero-order valence-corrected chi connectivity index (χ0v) is 37.7. The fourth-order valence-electron chi connectivity index (χ4n) is 6.88. The number of rotatable bonds is 39. The molecule has 0 aromatic carbocycles. The normalized spacial score (nSPS) is 20.4. The van der Waals surface area contributed by atoms with Crippen molar-refractivity contribution in [1.82, 2.24) is 0 Å². The van der Waals surface area contributed by atoms with Crippen LogP contribution in [0.5, 0.6) is 0 Å². The SMILES string of the molecule is CC/C=C\C/C=C\C/C=C\C/C=C\CCCCCCCCCCCCC(=O)OC(COC(=O)CCCCCCC/C=C\CCCCC)COC1OC(CO)C(O)C(O)C1O. The molecule has 0 aliphatic carbocycles. The maximum Gasteiger partial charge on any atom is 0.306 e. The summed E-state index contributed by atoms with van der Waals surface area (Å²) in [6.07, 6.45) is 42.3. The van der Waals surface area contributed by atoms with E-state index in [1.54, 1.807) is 0 Å². The Morgan fingerprint density at radius 2 is 0.983 bits per heavy atom. The van der Waals surface area contributed by atoms with Crippen LogP contribution in [0.1, 0.15) is 187 Å². The number of carbonyl (C=O) groups excluding carboxylic acids is 2. The third kappa shape index (κ3) is 31.3. The number of hydrogen-bond donors (Lipinski definition) is 4. The Morgan fingerprint density at radius 1 is 0.533 bits per heavy atom. The lowest BCUT2D eigenvalue weighted by atomic mass is 9.99. The van der Waals surface area contributed by atoms with E-state index in [-0.39, 0.29) is 32.0 Å². The number of carbonyl (C=O) groups is 2. The lowest BCUT2D eigenvalue weighted by Gasteiger charge is -2.39. The van der Waals surface area contributed by atoms with E-state index in [1.165, 1.54) is 57.8 Å². The summed E-state index contributed by atoms with van der Waals surface area (Å²) < 4.78 is 22.2. The van der Waals surface area contributed by atoms with Crippen molar-refractivity contribution < 1.29 is 49.0 Å². The summed E-state index contributed by atoms with van der Waals surface area (Å²) in [5.41, 5.74) is 0. The Bertz CT molecular complexity index is 1160. The van der Waals surface area contributed by atoms with Crippen molar-refractivity contribution in [2.45, 2.75) is 224 Å². The summed E-state index contributed by atoms with van der Waals surface area (Å²) in [5, 5.41) is 40.1. The number of hydrogen-bond acceptors (Lipinski definition) is 10. The topological polar surface area (TPSA) is 152 Å². The van der Waals surface area contributed by atoms with E-state index in [2.05, 4.69) is 74.6 Å². The van der Waals surface area contributed by atoms with Gasteiger partial charge in [-0.15, -0.1) is 0 Å². The molecule has 0 amide bonds. The van der Waals surface area contributed by atoms with E-state index in [1.807, 2.05) is 0 Å². The fourth-order valence-corrected chi connectivity index (χ4v) is 6.88. The van der Waals surface area contributed by atoms with Gasteiger partial charge >= 0.3 is 11.9 Å². The van der Waals surface area contributed by atoms with Crippen LogP contribution in [-0.4, -0.2) is 89.0 Å². The standard InChI is InChI=1S/C50H86O10/c1-3-5-7-9-11-13-15-17-18-19-20-21-22-23-24-25-26-27-29-31-33-35-37-39-46(53)59-43(42-58-50-49(56)48(55)47(54)44(40-51)60-50)41-57-45(52)38-36-34-32-30-28-16-14-12-10-8-6-4-2/h5,7,11-14,17-18,20-21,43-44,47-51,54-56H,3-4,6,8-10,15-16,19,22-42H2,1-2H3/b7-5-,13-11-,14-12-,18-17-,21-20-. The van der Waals surface area contributed by atoms with Crippen molar-refractivity contribution in [2.75, 3.05) is 19.8 Å². The largest absolute Gasteiger partial charge is 0.462 e. The Labute approximate surface area is 364 Å². The summed E-state index contributed by atoms with van der Waals surface area (Å²) in [6.45, 7) is 3.27. The van der Waals surface area contributed by atoms with Crippen molar-refractivity contribution in [2.24, 2.45) is 0 Å². The number of aliphatic hydroxyl groups is 4. The second kappa shape index (κ2) is 40.5. The first kappa shape index (κ1) is 55.4. The molecule has 1 rings (SSSR count). The highest BCUT2D eigenvalue weighted by Gasteiger charge is 2.44. The minimum Gasteiger partial charge on any atom is -0.462 e. The van der Waals surface area contributed by atoms with Crippen molar-refractivity contribution in [3.05, 3.63) is 60.8 Å². The molecule has 346 valence electrons. The van der Waals surface area contributed by atoms with Gasteiger partial charge in [-0.25, -0.2) is 0 Å². The molecule has 0 radical (unpaired) electrons. The average molecular weight is 847 g/mol. The van der Waals surface area contributed by atoms with Crippen molar-refractivity contribution >= 4 is 11.9 Å². The van der Waals surface area contributed by atoms with Crippen LogP contribution in [0.15, 0.2) is 60.8 Å². The van der Waals surface area contributed by atoms with E-state index in [9.17, 15) is 30.0 Å². The molecule has 1 heterocycles. The van der Waals surface area contributed by atoms with Crippen LogP contribution in [0.3, 0.4) is 0 Å². The predicted octanol–water partition coefficient (Wildman–Crippen LogP) is 10.6. The summed E-state index contributed by atoms with van der Waals surface area (Å²) in [7, 11) is 0. The van der Waals surface area contributed by atoms with Gasteiger partial charge in [0, 0.05) is 12.8 Å². The second-order valence-corrected chi connectivity index (χ2v) is 16.2. The number of unbranched alkanes of at least 4 members (excludes halogenated alkanes) is 18. The van der Waals surface area contributed by atoms with Crippen molar-refractivity contribution in [3.8, 4) is 0 Å². The summed E-state index contributed by atoms with van der Waals surface area (Å²) in [5.74, 6) is -0.824. The molecule has 6 unspecified atom stereocenters. The van der Waals surface area contributed by atoms with Crippen molar-refractivity contribution in [3.63, 3.8) is 0 Å². The Morgan fingerprint density at radius 3 is 1.50 bits per heavy atom. The van der Waals surface area contributed by atoms with Crippen LogP contribution in [0, 0.1) is 0 Å². The van der Waals surface area contributed by atoms with Crippen LogP contribution in [0.25, 0.3) is 0 Å². The maximum atomic E-state index is 12.8. The van der Waals surface area contributed by atoms with Crippen LogP contribution in [0.2, 0.25) is 0 Å². The minimum atomic E-state index is -1.60. The Hall–Kier alpha value is -2.60. The van der Waals surface area contributed by atoms with Crippen LogP contribution in [-0.2, 0) is 28.5 Å². The molecule has 10 nitrogen and oxygen atoms in total. The van der Waals surface area contributed by atoms with E-state index in [0.717, 1.165) is 89.9 Å². The van der Waals surface area contributed by atoms with Gasteiger partial charge < -0.3 is 39.4 Å². The highest BCUT2D eigenvalue weighted by Crippen LogP contribution is 2.23. The van der Waals surface area contributed by atoms with Crippen LogP contribution >= 0.6 is 0 Å². The van der Waals surface area contributed by atoms with Crippen LogP contribution < -0.4 is 0 Å². The monoisotopic (exact) mass is 847 g/mol. The second-order valence-electron chi connectivity index (χ2n) is 16.2. The van der Waals surface area contributed by atoms with Gasteiger partial charge in [-0.3, -0.25) is 9.59 Å². The summed E-state index contributed by atoms with van der Waals surface area (Å²) in [6, 6.07) is 0. The first-order valence-corrected chi connectivity index (χ1v) is 23.9. The van der Waals surface area contributed by atoms with Gasteiger partial charge in [0.1, 0.15) is 31.0 Å². The number of allylic oxidation sites excluding steroid dienone is 10. The first-order valence-electron chi connectivity index (χ1n) is 23.9.